The van der Waals surface area contributed by atoms with Crippen LogP contribution in [0.15, 0.2) is 41.1 Å². The second kappa shape index (κ2) is 6.16. The van der Waals surface area contributed by atoms with Gasteiger partial charge in [-0.3, -0.25) is 0 Å². The highest BCUT2D eigenvalue weighted by Crippen LogP contribution is 2.41. The summed E-state index contributed by atoms with van der Waals surface area (Å²) in [5.74, 6) is 2.91. The van der Waals surface area contributed by atoms with Crippen LogP contribution in [0.2, 0.25) is 0 Å². The van der Waals surface area contributed by atoms with Crippen molar-refractivity contribution in [1.82, 2.24) is 9.97 Å². The molecule has 1 aliphatic heterocycles. The van der Waals surface area contributed by atoms with E-state index < -0.39 is 0 Å². The van der Waals surface area contributed by atoms with Crippen molar-refractivity contribution in [1.29, 1.82) is 0 Å². The molecule has 24 heavy (non-hydrogen) atoms. The lowest BCUT2D eigenvalue weighted by molar-refractivity contribution is 0.170. The molecule has 1 N–H and O–H groups in total. The molecule has 1 aromatic heterocycles. The molecule has 6 nitrogen and oxygen atoms in total. The van der Waals surface area contributed by atoms with Gasteiger partial charge in [0.15, 0.2) is 11.5 Å². The average Bonchev–Trinajstić information content (AvgIpc) is 2.61. The summed E-state index contributed by atoms with van der Waals surface area (Å²) in [6.45, 7) is 1.09. The topological polar surface area (TPSA) is 65.5 Å². The zero-order chi connectivity index (χ0) is 16.5. The highest BCUT2D eigenvalue weighted by atomic mass is 79.9. The average molecular weight is 388 g/mol. The van der Waals surface area contributed by atoms with Gasteiger partial charge in [-0.05, 0) is 34.1 Å². The molecule has 3 aromatic rings. The van der Waals surface area contributed by atoms with Crippen molar-refractivity contribution >= 4 is 38.3 Å². The Morgan fingerprint density at radius 3 is 2.88 bits per heavy atom. The summed E-state index contributed by atoms with van der Waals surface area (Å²) < 4.78 is 17.3. The van der Waals surface area contributed by atoms with Gasteiger partial charge in [-0.15, -0.1) is 0 Å². The molecule has 0 saturated carbocycles. The molecule has 7 heteroatoms. The van der Waals surface area contributed by atoms with Crippen molar-refractivity contribution < 1.29 is 14.2 Å². The molecular formula is C17H14BrN3O3. The van der Waals surface area contributed by atoms with E-state index in [9.17, 15) is 0 Å². The van der Waals surface area contributed by atoms with Crippen molar-refractivity contribution in [2.24, 2.45) is 0 Å². The number of methoxy groups -OCH3 is 1. The van der Waals surface area contributed by atoms with Crippen molar-refractivity contribution in [3.8, 4) is 17.2 Å². The highest BCUT2D eigenvalue weighted by molar-refractivity contribution is 9.10. The standard InChI is InChI=1S/C17H14BrN3O3/c1-22-11-2-3-12-14(8-11)19-9-20-17(12)21-10-6-13(18)16-15(7-10)23-4-5-24-16/h2-3,6-9H,4-5H2,1H3,(H,19,20,21). The Morgan fingerprint density at radius 2 is 2.00 bits per heavy atom. The molecule has 0 bridgehead atoms. The lowest BCUT2D eigenvalue weighted by atomic mass is 10.2. The van der Waals surface area contributed by atoms with E-state index in [1.54, 1.807) is 7.11 Å². The minimum absolute atomic E-state index is 0.541. The van der Waals surface area contributed by atoms with E-state index in [0.29, 0.717) is 24.8 Å². The smallest absolute Gasteiger partial charge is 0.175 e. The number of benzene rings is 2. The fraction of sp³-hybridized carbons (Fsp3) is 0.176. The summed E-state index contributed by atoms with van der Waals surface area (Å²) in [4.78, 5) is 8.64. The third-order valence-electron chi connectivity index (χ3n) is 3.70. The van der Waals surface area contributed by atoms with Gasteiger partial charge in [0, 0.05) is 23.2 Å². The van der Waals surface area contributed by atoms with E-state index in [1.807, 2.05) is 30.3 Å². The molecule has 0 spiro atoms. The third kappa shape index (κ3) is 2.71. The van der Waals surface area contributed by atoms with E-state index in [1.165, 1.54) is 6.33 Å². The molecule has 1 aliphatic rings. The first-order valence-electron chi connectivity index (χ1n) is 7.39. The number of ether oxygens (including phenoxy) is 3. The molecule has 2 aromatic carbocycles. The van der Waals surface area contributed by atoms with Gasteiger partial charge >= 0.3 is 0 Å². The van der Waals surface area contributed by atoms with E-state index in [0.717, 1.165) is 32.6 Å². The molecule has 122 valence electrons. The number of rotatable bonds is 3. The molecule has 0 radical (unpaired) electrons. The Balaban J connectivity index is 1.73. The quantitative estimate of drug-likeness (QED) is 0.734. The molecule has 0 atom stereocenters. The van der Waals surface area contributed by atoms with E-state index in [4.69, 9.17) is 14.2 Å². The monoisotopic (exact) mass is 387 g/mol. The normalized spacial score (nSPS) is 12.9. The largest absolute Gasteiger partial charge is 0.497 e. The van der Waals surface area contributed by atoms with Gasteiger partial charge < -0.3 is 19.5 Å². The van der Waals surface area contributed by atoms with Gasteiger partial charge in [0.05, 0.1) is 17.1 Å². The molecule has 2 heterocycles. The van der Waals surface area contributed by atoms with Crippen molar-refractivity contribution in [2.45, 2.75) is 0 Å². The Kier molecular flexibility index (Phi) is 3.86. The Hall–Kier alpha value is -2.54. The molecule has 0 amide bonds. The van der Waals surface area contributed by atoms with Crippen LogP contribution in [0.3, 0.4) is 0 Å². The zero-order valence-electron chi connectivity index (χ0n) is 12.9. The van der Waals surface area contributed by atoms with Gasteiger partial charge in [-0.2, -0.15) is 0 Å². The Bertz CT molecular complexity index is 917. The van der Waals surface area contributed by atoms with E-state index >= 15 is 0 Å². The van der Waals surface area contributed by atoms with Crippen LogP contribution in [-0.4, -0.2) is 30.3 Å². The first kappa shape index (κ1) is 15.0. The second-order valence-corrected chi connectivity index (χ2v) is 6.07. The first-order chi connectivity index (χ1) is 11.7. The van der Waals surface area contributed by atoms with Crippen LogP contribution in [0.25, 0.3) is 10.9 Å². The lowest BCUT2D eigenvalue weighted by Crippen LogP contribution is -2.15. The summed E-state index contributed by atoms with van der Waals surface area (Å²) >= 11 is 3.52. The van der Waals surface area contributed by atoms with Crippen LogP contribution < -0.4 is 19.5 Å². The summed E-state index contributed by atoms with van der Waals surface area (Å²) in [5.41, 5.74) is 1.66. The predicted molar refractivity (Wildman–Crippen MR) is 94.5 cm³/mol. The summed E-state index contributed by atoms with van der Waals surface area (Å²) in [5, 5.41) is 4.22. The maximum absolute atomic E-state index is 5.66. The number of hydrogen-bond acceptors (Lipinski definition) is 6. The van der Waals surface area contributed by atoms with Crippen LogP contribution in [0.5, 0.6) is 17.2 Å². The van der Waals surface area contributed by atoms with E-state index in [-0.39, 0.29) is 0 Å². The van der Waals surface area contributed by atoms with Crippen LogP contribution in [-0.2, 0) is 0 Å². The van der Waals surface area contributed by atoms with Gasteiger partial charge in [0.25, 0.3) is 0 Å². The number of aromatic nitrogens is 2. The number of nitrogens with zero attached hydrogens (tertiary/aromatic N) is 2. The minimum Gasteiger partial charge on any atom is -0.497 e. The number of nitrogens with one attached hydrogen (secondary N) is 1. The Morgan fingerprint density at radius 1 is 1.12 bits per heavy atom. The van der Waals surface area contributed by atoms with Gasteiger partial charge in [0.1, 0.15) is 31.1 Å². The fourth-order valence-corrected chi connectivity index (χ4v) is 3.14. The minimum atomic E-state index is 0.541. The zero-order valence-corrected chi connectivity index (χ0v) is 14.5. The van der Waals surface area contributed by atoms with Gasteiger partial charge in [-0.25, -0.2) is 9.97 Å². The van der Waals surface area contributed by atoms with Gasteiger partial charge in [-0.1, -0.05) is 0 Å². The molecule has 0 unspecified atom stereocenters. The number of anilines is 2. The van der Waals surface area contributed by atoms with Crippen LogP contribution in [0, 0.1) is 0 Å². The second-order valence-electron chi connectivity index (χ2n) is 5.21. The van der Waals surface area contributed by atoms with Gasteiger partial charge in [0.2, 0.25) is 0 Å². The van der Waals surface area contributed by atoms with E-state index in [2.05, 4.69) is 31.2 Å². The summed E-state index contributed by atoms with van der Waals surface area (Å²) in [6, 6.07) is 9.53. The molecule has 4 rings (SSSR count). The van der Waals surface area contributed by atoms with Crippen molar-refractivity contribution in [3.63, 3.8) is 0 Å². The fourth-order valence-electron chi connectivity index (χ4n) is 2.58. The van der Waals surface area contributed by atoms with Crippen LogP contribution in [0.4, 0.5) is 11.5 Å². The van der Waals surface area contributed by atoms with Crippen LogP contribution >= 0.6 is 15.9 Å². The number of halogens is 1. The first-order valence-corrected chi connectivity index (χ1v) is 8.19. The summed E-state index contributed by atoms with van der Waals surface area (Å²) in [6.07, 6.45) is 1.52. The molecule has 0 fully saturated rings. The molecular weight excluding hydrogens is 374 g/mol. The number of fused-ring (bicyclic) bond motifs is 2. The van der Waals surface area contributed by atoms with Crippen LogP contribution in [0.1, 0.15) is 0 Å². The van der Waals surface area contributed by atoms with Crippen molar-refractivity contribution in [3.05, 3.63) is 41.1 Å². The number of hydrogen-bond donors (Lipinski definition) is 1. The lowest BCUT2D eigenvalue weighted by Gasteiger charge is -2.20. The highest BCUT2D eigenvalue weighted by Gasteiger charge is 2.17. The molecule has 0 aliphatic carbocycles. The SMILES string of the molecule is COc1ccc2c(Nc3cc(Br)c4c(c3)OCCO4)ncnc2c1. The predicted octanol–water partition coefficient (Wildman–Crippen LogP) is 3.92. The maximum atomic E-state index is 5.66. The third-order valence-corrected chi connectivity index (χ3v) is 4.29. The summed E-state index contributed by atoms with van der Waals surface area (Å²) in [7, 11) is 1.63. The maximum Gasteiger partial charge on any atom is 0.175 e. The van der Waals surface area contributed by atoms with Crippen molar-refractivity contribution in [2.75, 3.05) is 25.6 Å². The molecule has 0 saturated heterocycles. The Labute approximate surface area is 146 Å².